The van der Waals surface area contributed by atoms with Crippen molar-refractivity contribution in [3.05, 3.63) is 74.9 Å². The Morgan fingerprint density at radius 3 is 2.41 bits per heavy atom. The fourth-order valence-electron chi connectivity index (χ4n) is 4.47. The van der Waals surface area contributed by atoms with Crippen LogP contribution < -0.4 is 16.0 Å². The number of para-hydroxylation sites is 1. The standard InChI is InChI=1S/C25H29N3O4/c1-26-22-6-4-3-5-21(22)24(30)28(25(26)31)17-23(29)27-15-13-19(14-16-27)8-7-18-9-11-20(32-2)12-10-18/h3-6,9-12,19H,7-8,13-17H2,1-2H3. The van der Waals surface area contributed by atoms with Gasteiger partial charge in [-0.05, 0) is 61.4 Å². The fraction of sp³-hybridized carbons (Fsp3) is 0.400. The smallest absolute Gasteiger partial charge is 0.331 e. The van der Waals surface area contributed by atoms with Crippen molar-refractivity contribution in [2.75, 3.05) is 20.2 Å². The largest absolute Gasteiger partial charge is 0.497 e. The number of benzene rings is 2. The summed E-state index contributed by atoms with van der Waals surface area (Å²) >= 11 is 0. The maximum absolute atomic E-state index is 12.9. The molecule has 0 bridgehead atoms. The molecule has 3 aromatic rings. The first-order chi connectivity index (χ1) is 15.5. The van der Waals surface area contributed by atoms with Crippen molar-refractivity contribution in [2.45, 2.75) is 32.2 Å². The van der Waals surface area contributed by atoms with Crippen molar-refractivity contribution >= 4 is 16.8 Å². The van der Waals surface area contributed by atoms with E-state index in [0.717, 1.165) is 36.0 Å². The number of ether oxygens (including phenoxy) is 1. The van der Waals surface area contributed by atoms with E-state index in [4.69, 9.17) is 4.74 Å². The molecule has 2 aromatic carbocycles. The Morgan fingerprint density at radius 1 is 1.03 bits per heavy atom. The zero-order valence-electron chi connectivity index (χ0n) is 18.6. The Kier molecular flexibility index (Phi) is 6.44. The third kappa shape index (κ3) is 4.47. The van der Waals surface area contributed by atoms with Gasteiger partial charge in [-0.2, -0.15) is 0 Å². The number of aryl methyl sites for hydroxylation is 2. The maximum atomic E-state index is 12.9. The number of likely N-dealkylation sites (tertiary alicyclic amines) is 1. The number of methoxy groups -OCH3 is 1. The van der Waals surface area contributed by atoms with Crippen LogP contribution in [0.2, 0.25) is 0 Å². The van der Waals surface area contributed by atoms with E-state index in [0.29, 0.717) is 29.9 Å². The van der Waals surface area contributed by atoms with Gasteiger partial charge in [-0.1, -0.05) is 24.3 Å². The molecule has 168 valence electrons. The number of aromatic nitrogens is 2. The summed E-state index contributed by atoms with van der Waals surface area (Å²) in [6, 6.07) is 15.1. The average molecular weight is 436 g/mol. The predicted molar refractivity (Wildman–Crippen MR) is 124 cm³/mol. The number of fused-ring (bicyclic) bond motifs is 1. The molecule has 7 nitrogen and oxygen atoms in total. The van der Waals surface area contributed by atoms with Gasteiger partial charge >= 0.3 is 5.69 Å². The lowest BCUT2D eigenvalue weighted by Crippen LogP contribution is -2.46. The van der Waals surface area contributed by atoms with Crippen LogP contribution >= 0.6 is 0 Å². The first-order valence-corrected chi connectivity index (χ1v) is 11.1. The topological polar surface area (TPSA) is 73.5 Å². The minimum absolute atomic E-state index is 0.173. The van der Waals surface area contributed by atoms with Crippen molar-refractivity contribution in [1.82, 2.24) is 14.0 Å². The normalized spacial score (nSPS) is 14.6. The first-order valence-electron chi connectivity index (χ1n) is 11.1. The number of hydrogen-bond acceptors (Lipinski definition) is 4. The van der Waals surface area contributed by atoms with Crippen LogP contribution in [-0.2, 0) is 24.8 Å². The lowest BCUT2D eigenvalue weighted by Gasteiger charge is -2.32. The zero-order valence-corrected chi connectivity index (χ0v) is 18.6. The SMILES string of the molecule is COc1ccc(CCC2CCN(C(=O)Cn3c(=O)c4ccccc4n(C)c3=O)CC2)cc1. The zero-order chi connectivity index (χ0) is 22.7. The highest BCUT2D eigenvalue weighted by Gasteiger charge is 2.24. The van der Waals surface area contributed by atoms with Gasteiger partial charge in [-0.25, -0.2) is 4.79 Å². The van der Waals surface area contributed by atoms with Gasteiger partial charge in [0, 0.05) is 20.1 Å². The molecule has 1 aliphatic rings. The molecule has 1 amide bonds. The highest BCUT2D eigenvalue weighted by atomic mass is 16.5. The second-order valence-electron chi connectivity index (χ2n) is 8.46. The number of carbonyl (C=O) groups is 1. The van der Waals surface area contributed by atoms with Crippen molar-refractivity contribution in [2.24, 2.45) is 13.0 Å². The molecule has 0 atom stereocenters. The van der Waals surface area contributed by atoms with Crippen LogP contribution in [0.3, 0.4) is 0 Å². The summed E-state index contributed by atoms with van der Waals surface area (Å²) in [4.78, 5) is 40.1. The summed E-state index contributed by atoms with van der Waals surface area (Å²) in [6.07, 6.45) is 3.96. The summed E-state index contributed by atoms with van der Waals surface area (Å²) in [6.45, 7) is 1.11. The molecule has 1 fully saturated rings. The molecule has 1 aliphatic heterocycles. The Labute approximate surface area is 186 Å². The van der Waals surface area contributed by atoms with Crippen molar-refractivity contribution < 1.29 is 9.53 Å². The van der Waals surface area contributed by atoms with E-state index in [1.165, 1.54) is 10.1 Å². The Balaban J connectivity index is 1.36. The summed E-state index contributed by atoms with van der Waals surface area (Å²) in [5, 5.41) is 0.444. The molecule has 0 radical (unpaired) electrons. The second-order valence-corrected chi connectivity index (χ2v) is 8.46. The van der Waals surface area contributed by atoms with E-state index in [-0.39, 0.29) is 12.5 Å². The highest BCUT2D eigenvalue weighted by Crippen LogP contribution is 2.23. The van der Waals surface area contributed by atoms with Gasteiger partial charge < -0.3 is 9.64 Å². The van der Waals surface area contributed by atoms with Gasteiger partial charge in [-0.15, -0.1) is 0 Å². The van der Waals surface area contributed by atoms with Gasteiger partial charge in [0.05, 0.1) is 18.0 Å². The molecule has 1 saturated heterocycles. The van der Waals surface area contributed by atoms with E-state index < -0.39 is 11.2 Å². The highest BCUT2D eigenvalue weighted by molar-refractivity contribution is 5.79. The van der Waals surface area contributed by atoms with Crippen LogP contribution in [0.1, 0.15) is 24.8 Å². The number of amides is 1. The summed E-state index contributed by atoms with van der Waals surface area (Å²) in [5.41, 5.74) is 0.988. The van der Waals surface area contributed by atoms with Crippen LogP contribution in [0.4, 0.5) is 0 Å². The van der Waals surface area contributed by atoms with Crippen LogP contribution in [0, 0.1) is 5.92 Å². The van der Waals surface area contributed by atoms with Crippen LogP contribution in [0.5, 0.6) is 5.75 Å². The Hall–Kier alpha value is -3.35. The number of piperidine rings is 1. The maximum Gasteiger partial charge on any atom is 0.331 e. The van der Waals surface area contributed by atoms with Gasteiger partial charge in [-0.3, -0.25) is 18.7 Å². The molecule has 0 unspecified atom stereocenters. The third-order valence-electron chi connectivity index (χ3n) is 6.52. The van der Waals surface area contributed by atoms with Gasteiger partial charge in [0.1, 0.15) is 12.3 Å². The van der Waals surface area contributed by atoms with Gasteiger partial charge in [0.25, 0.3) is 5.56 Å². The average Bonchev–Trinajstić information content (AvgIpc) is 2.84. The van der Waals surface area contributed by atoms with E-state index in [9.17, 15) is 14.4 Å². The lowest BCUT2D eigenvalue weighted by molar-refractivity contribution is -0.133. The molecule has 0 N–H and O–H groups in total. The minimum atomic E-state index is -0.462. The first kappa shape index (κ1) is 21.9. The summed E-state index contributed by atoms with van der Waals surface area (Å²) < 4.78 is 7.69. The second kappa shape index (κ2) is 9.42. The molecule has 0 spiro atoms. The van der Waals surface area contributed by atoms with E-state index >= 15 is 0 Å². The quantitative estimate of drug-likeness (QED) is 0.597. The van der Waals surface area contributed by atoms with Crippen molar-refractivity contribution in [3.8, 4) is 5.75 Å². The predicted octanol–water partition coefficient (Wildman–Crippen LogP) is 2.58. The molecule has 32 heavy (non-hydrogen) atoms. The van der Waals surface area contributed by atoms with Gasteiger partial charge in [0.15, 0.2) is 0 Å². The number of rotatable bonds is 6. The molecule has 0 saturated carbocycles. The molecule has 4 rings (SSSR count). The van der Waals surface area contributed by atoms with Crippen molar-refractivity contribution in [1.29, 1.82) is 0 Å². The molecule has 2 heterocycles. The van der Waals surface area contributed by atoms with Crippen LogP contribution in [-0.4, -0.2) is 40.1 Å². The molecular formula is C25H29N3O4. The van der Waals surface area contributed by atoms with Crippen LogP contribution in [0.25, 0.3) is 10.9 Å². The van der Waals surface area contributed by atoms with Gasteiger partial charge in [0.2, 0.25) is 5.91 Å². The van der Waals surface area contributed by atoms with E-state index in [1.54, 1.807) is 43.3 Å². The molecule has 7 heteroatoms. The summed E-state index contributed by atoms with van der Waals surface area (Å²) in [5.74, 6) is 1.26. The Morgan fingerprint density at radius 2 is 1.72 bits per heavy atom. The number of carbonyl (C=O) groups excluding carboxylic acids is 1. The van der Waals surface area contributed by atoms with Crippen molar-refractivity contribution in [3.63, 3.8) is 0 Å². The molecule has 1 aromatic heterocycles. The Bertz CT molecular complexity index is 1220. The van der Waals surface area contributed by atoms with E-state index in [2.05, 4.69) is 12.1 Å². The number of nitrogens with zero attached hydrogens (tertiary/aromatic N) is 3. The third-order valence-corrected chi connectivity index (χ3v) is 6.52. The van der Waals surface area contributed by atoms with E-state index in [1.807, 2.05) is 12.1 Å². The summed E-state index contributed by atoms with van der Waals surface area (Å²) in [7, 11) is 3.29. The molecule has 0 aliphatic carbocycles. The monoisotopic (exact) mass is 435 g/mol. The lowest BCUT2D eigenvalue weighted by atomic mass is 9.90. The fourth-order valence-corrected chi connectivity index (χ4v) is 4.47. The molecular weight excluding hydrogens is 406 g/mol. The number of hydrogen-bond donors (Lipinski definition) is 0. The van der Waals surface area contributed by atoms with Crippen LogP contribution in [0.15, 0.2) is 58.1 Å². The minimum Gasteiger partial charge on any atom is -0.497 e.